The third-order valence-corrected chi connectivity index (χ3v) is 3.34. The van der Waals surface area contributed by atoms with E-state index in [9.17, 15) is 5.11 Å². The molecule has 3 aliphatic heterocycles. The van der Waals surface area contributed by atoms with E-state index in [0.29, 0.717) is 0 Å². The number of halogens is 1. The lowest BCUT2D eigenvalue weighted by molar-refractivity contribution is 0.0120. The second-order valence-corrected chi connectivity index (χ2v) is 4.64. The third kappa shape index (κ3) is 2.16. The largest absolute Gasteiger partial charge is 0.379 e. The second-order valence-electron chi connectivity index (χ2n) is 4.20. The van der Waals surface area contributed by atoms with Gasteiger partial charge in [0, 0.05) is 13.1 Å². The van der Waals surface area contributed by atoms with Crippen molar-refractivity contribution in [3.63, 3.8) is 0 Å². The molecular weight excluding hydrogens is 246 g/mol. The smallest absolute Gasteiger partial charge is 0.203 e. The summed E-state index contributed by atoms with van der Waals surface area (Å²) in [5, 5.41) is 21.7. The molecule has 8 heteroatoms. The van der Waals surface area contributed by atoms with Gasteiger partial charge in [-0.3, -0.25) is 10.2 Å². The molecule has 5 N–H and O–H groups in total. The molecule has 17 heavy (non-hydrogen) atoms. The van der Waals surface area contributed by atoms with Crippen LogP contribution in [0, 0.1) is 0 Å². The quantitative estimate of drug-likeness (QED) is 0.276. The van der Waals surface area contributed by atoms with Gasteiger partial charge in [-0.25, -0.2) is 0 Å². The summed E-state index contributed by atoms with van der Waals surface area (Å²) in [5.74, 6) is 0.757. The molecule has 0 amide bonds. The molecule has 96 valence electrons. The van der Waals surface area contributed by atoms with Gasteiger partial charge in [-0.05, 0) is 0 Å². The van der Waals surface area contributed by atoms with E-state index in [1.54, 1.807) is 0 Å². The summed E-state index contributed by atoms with van der Waals surface area (Å²) in [6.45, 7) is 3.12. The van der Waals surface area contributed by atoms with Crippen LogP contribution in [-0.4, -0.2) is 54.5 Å². The molecule has 3 atom stereocenters. The molecule has 0 spiro atoms. The summed E-state index contributed by atoms with van der Waals surface area (Å²) < 4.78 is 5.33. The van der Waals surface area contributed by atoms with Crippen LogP contribution in [0.25, 0.3) is 0 Å². The molecule has 0 saturated carbocycles. The Kier molecular flexibility index (Phi) is 3.01. The van der Waals surface area contributed by atoms with Gasteiger partial charge >= 0.3 is 0 Å². The monoisotopic (exact) mass is 261 g/mol. The summed E-state index contributed by atoms with van der Waals surface area (Å²) in [4.78, 5) is 2.24. The van der Waals surface area contributed by atoms with Gasteiger partial charge in [0.05, 0.1) is 18.9 Å². The van der Waals surface area contributed by atoms with Crippen LogP contribution in [0.4, 0.5) is 0 Å². The van der Waals surface area contributed by atoms with Crippen molar-refractivity contribution in [2.75, 3.05) is 26.3 Å². The minimum atomic E-state index is -0.764. The Morgan fingerprint density at radius 2 is 2.00 bits per heavy atom. The highest BCUT2D eigenvalue weighted by atomic mass is 35.5. The van der Waals surface area contributed by atoms with E-state index in [-0.39, 0.29) is 11.8 Å². The summed E-state index contributed by atoms with van der Waals surface area (Å²) in [6.07, 6.45) is -0.790. The molecule has 0 bridgehead atoms. The van der Waals surface area contributed by atoms with E-state index in [2.05, 4.69) is 26.2 Å². The van der Waals surface area contributed by atoms with E-state index in [1.165, 1.54) is 0 Å². The second kappa shape index (κ2) is 4.51. The standard InChI is InChI=1S/C9H16ClN5O2/c10-8-12-6-5(11-9(16)13-6)7(14-8)15-1-3-17-4-2-15/h7-9,11-14,16H,1-4H2. The number of ether oxygens (including phenoxy) is 1. The Labute approximate surface area is 104 Å². The number of alkyl halides is 1. The number of hydrogen-bond donors (Lipinski definition) is 5. The van der Waals surface area contributed by atoms with Crippen LogP contribution < -0.4 is 21.3 Å². The SMILES string of the molecule is OC1NC2=C(N1)C(N1CCOCC1)NC(Cl)N2. The van der Waals surface area contributed by atoms with Crippen molar-refractivity contribution in [3.8, 4) is 0 Å². The van der Waals surface area contributed by atoms with Crippen LogP contribution in [0.1, 0.15) is 0 Å². The van der Waals surface area contributed by atoms with E-state index in [4.69, 9.17) is 16.3 Å². The Hall–Kier alpha value is -0.730. The lowest BCUT2D eigenvalue weighted by Crippen LogP contribution is -2.60. The fraction of sp³-hybridized carbons (Fsp3) is 0.778. The summed E-state index contributed by atoms with van der Waals surface area (Å²) in [6, 6.07) is 0. The molecule has 7 nitrogen and oxygen atoms in total. The van der Waals surface area contributed by atoms with Crippen LogP contribution >= 0.6 is 11.6 Å². The number of rotatable bonds is 1. The van der Waals surface area contributed by atoms with Crippen LogP contribution in [0.5, 0.6) is 0 Å². The van der Waals surface area contributed by atoms with Gasteiger partial charge in [0.1, 0.15) is 12.0 Å². The van der Waals surface area contributed by atoms with Crippen molar-refractivity contribution in [3.05, 3.63) is 11.5 Å². The maximum absolute atomic E-state index is 9.54. The minimum Gasteiger partial charge on any atom is -0.379 e. The van der Waals surface area contributed by atoms with Gasteiger partial charge in [-0.15, -0.1) is 0 Å². The third-order valence-electron chi connectivity index (χ3n) is 3.10. The predicted octanol–water partition coefficient (Wildman–Crippen LogP) is -2.00. The molecule has 3 unspecified atom stereocenters. The fourth-order valence-corrected chi connectivity index (χ4v) is 2.55. The number of nitrogens with one attached hydrogen (secondary N) is 4. The highest BCUT2D eigenvalue weighted by Crippen LogP contribution is 2.19. The number of hydrogen-bond acceptors (Lipinski definition) is 7. The summed E-state index contributed by atoms with van der Waals surface area (Å²) >= 11 is 6.08. The maximum Gasteiger partial charge on any atom is 0.203 e. The zero-order chi connectivity index (χ0) is 11.8. The molecule has 3 aliphatic rings. The van der Waals surface area contributed by atoms with Gasteiger partial charge in [-0.2, -0.15) is 0 Å². The Bertz CT molecular complexity index is 333. The van der Waals surface area contributed by atoms with Crippen molar-refractivity contribution in [2.24, 2.45) is 0 Å². The van der Waals surface area contributed by atoms with Crippen molar-refractivity contribution in [1.29, 1.82) is 0 Å². The molecule has 0 aromatic heterocycles. The van der Waals surface area contributed by atoms with Gasteiger partial charge < -0.3 is 25.8 Å². The molecule has 1 fully saturated rings. The predicted molar refractivity (Wildman–Crippen MR) is 61.4 cm³/mol. The van der Waals surface area contributed by atoms with Crippen molar-refractivity contribution in [1.82, 2.24) is 26.2 Å². The normalized spacial score (nSPS) is 38.1. The first-order valence-corrected chi connectivity index (χ1v) is 6.11. The number of aliphatic hydroxyl groups is 1. The zero-order valence-corrected chi connectivity index (χ0v) is 10.00. The Balaban J connectivity index is 1.79. The molecular formula is C9H16ClN5O2. The number of morpholine rings is 1. The van der Waals surface area contributed by atoms with Gasteiger partial charge in [0.2, 0.25) is 6.35 Å². The van der Waals surface area contributed by atoms with Crippen LogP contribution in [0.3, 0.4) is 0 Å². The van der Waals surface area contributed by atoms with Gasteiger partial charge in [-0.1, -0.05) is 11.6 Å². The molecule has 1 saturated heterocycles. The highest BCUT2D eigenvalue weighted by Gasteiger charge is 2.36. The van der Waals surface area contributed by atoms with E-state index in [1.807, 2.05) is 0 Å². The molecule has 3 heterocycles. The number of aliphatic hydroxyl groups excluding tert-OH is 1. The van der Waals surface area contributed by atoms with Crippen LogP contribution in [-0.2, 0) is 4.74 Å². The Morgan fingerprint density at radius 3 is 2.76 bits per heavy atom. The zero-order valence-electron chi connectivity index (χ0n) is 9.24. The lowest BCUT2D eigenvalue weighted by Gasteiger charge is -2.39. The summed E-state index contributed by atoms with van der Waals surface area (Å²) in [5.41, 5.74) is 0.539. The van der Waals surface area contributed by atoms with Crippen molar-refractivity contribution >= 4 is 11.6 Å². The molecule has 0 aliphatic carbocycles. The lowest BCUT2D eigenvalue weighted by atomic mass is 10.2. The molecule has 0 aromatic carbocycles. The van der Waals surface area contributed by atoms with E-state index in [0.717, 1.165) is 37.8 Å². The number of nitrogens with zero attached hydrogens (tertiary/aromatic N) is 1. The highest BCUT2D eigenvalue weighted by molar-refractivity contribution is 6.20. The average molecular weight is 262 g/mol. The Morgan fingerprint density at radius 1 is 1.24 bits per heavy atom. The van der Waals surface area contributed by atoms with Gasteiger partial charge in [0.25, 0.3) is 0 Å². The first kappa shape index (κ1) is 11.4. The van der Waals surface area contributed by atoms with E-state index < -0.39 is 6.35 Å². The fourth-order valence-electron chi connectivity index (χ4n) is 2.32. The van der Waals surface area contributed by atoms with E-state index >= 15 is 0 Å². The molecule has 0 radical (unpaired) electrons. The van der Waals surface area contributed by atoms with Crippen molar-refractivity contribution < 1.29 is 9.84 Å². The van der Waals surface area contributed by atoms with Crippen LogP contribution in [0.15, 0.2) is 11.5 Å². The first-order valence-electron chi connectivity index (χ1n) is 5.68. The van der Waals surface area contributed by atoms with Gasteiger partial charge in [0.15, 0.2) is 5.62 Å². The summed E-state index contributed by atoms with van der Waals surface area (Å²) in [7, 11) is 0. The van der Waals surface area contributed by atoms with Crippen molar-refractivity contribution in [2.45, 2.75) is 18.1 Å². The maximum atomic E-state index is 9.54. The average Bonchev–Trinajstić information content (AvgIpc) is 2.69. The minimum absolute atomic E-state index is 0.0256. The van der Waals surface area contributed by atoms with Crippen LogP contribution in [0.2, 0.25) is 0 Å². The molecule has 0 aromatic rings. The topological polar surface area (TPSA) is 80.8 Å². The first-order chi connectivity index (χ1) is 8.24. The molecule has 3 rings (SSSR count).